The van der Waals surface area contributed by atoms with Gasteiger partial charge in [-0.1, -0.05) is 0 Å². The number of hydrogen-bond donors (Lipinski definition) is 2. The van der Waals surface area contributed by atoms with Gasteiger partial charge in [-0.25, -0.2) is 5.43 Å². The predicted molar refractivity (Wildman–Crippen MR) is 42.8 cm³/mol. The maximum Gasteiger partial charge on any atom is 0.0550 e. The third-order valence-corrected chi connectivity index (χ3v) is 2.37. The lowest BCUT2D eigenvalue weighted by atomic mass is 10.0. The Labute approximate surface area is 66.8 Å². The average molecular weight is 154 g/mol. The van der Waals surface area contributed by atoms with Crippen LogP contribution in [0, 0.1) is 5.92 Å². The Morgan fingerprint density at radius 1 is 1.55 bits per heavy atom. The summed E-state index contributed by atoms with van der Waals surface area (Å²) in [4.78, 5) is 0. The molecule has 0 aromatic heterocycles. The highest BCUT2D eigenvalue weighted by atomic mass is 16.5. The second kappa shape index (κ2) is 2.83. The molecule has 2 heterocycles. The summed E-state index contributed by atoms with van der Waals surface area (Å²) in [5.41, 5.74) is 9.11. The van der Waals surface area contributed by atoms with Crippen LogP contribution in [-0.2, 0) is 4.74 Å². The minimum atomic E-state index is 0.616. The van der Waals surface area contributed by atoms with Crippen LogP contribution in [-0.4, -0.2) is 19.8 Å². The van der Waals surface area contributed by atoms with Crippen LogP contribution >= 0.6 is 0 Å². The first-order valence-corrected chi connectivity index (χ1v) is 4.14. The summed E-state index contributed by atoms with van der Waals surface area (Å²) in [5, 5.41) is 0. The Balaban J connectivity index is 2.07. The van der Waals surface area contributed by atoms with E-state index in [1.54, 1.807) is 0 Å². The van der Waals surface area contributed by atoms with Gasteiger partial charge in [-0.15, -0.1) is 0 Å². The van der Waals surface area contributed by atoms with Gasteiger partial charge in [0.05, 0.1) is 6.61 Å². The highest BCUT2D eigenvalue weighted by Gasteiger charge is 2.23. The first-order valence-electron chi connectivity index (χ1n) is 4.14. The van der Waals surface area contributed by atoms with Crippen LogP contribution in [0.2, 0.25) is 0 Å². The second-order valence-corrected chi connectivity index (χ2v) is 3.23. The summed E-state index contributed by atoms with van der Waals surface area (Å²) >= 11 is 0. The molecule has 2 aliphatic rings. The molecule has 0 aromatic rings. The van der Waals surface area contributed by atoms with Crippen LogP contribution in [0.15, 0.2) is 11.3 Å². The normalized spacial score (nSPS) is 31.2. The van der Waals surface area contributed by atoms with Gasteiger partial charge in [-0.05, 0) is 18.9 Å². The molecule has 0 saturated carbocycles. The fourth-order valence-corrected chi connectivity index (χ4v) is 1.69. The zero-order chi connectivity index (χ0) is 7.68. The first kappa shape index (κ1) is 7.13. The monoisotopic (exact) mass is 154 g/mol. The van der Waals surface area contributed by atoms with Crippen molar-refractivity contribution < 1.29 is 4.74 Å². The molecule has 0 amide bonds. The van der Waals surface area contributed by atoms with Gasteiger partial charge in [-0.2, -0.15) is 0 Å². The molecule has 3 heteroatoms. The highest BCUT2D eigenvalue weighted by molar-refractivity contribution is 5.19. The topological polar surface area (TPSA) is 33.3 Å². The maximum absolute atomic E-state index is 5.32. The first-order chi connectivity index (χ1) is 5.38. The zero-order valence-corrected chi connectivity index (χ0v) is 6.81. The average Bonchev–Trinajstić information content (AvgIpc) is 2.55. The number of hydrogen-bond acceptors (Lipinski definition) is 3. The van der Waals surface area contributed by atoms with Gasteiger partial charge in [0.1, 0.15) is 0 Å². The lowest BCUT2D eigenvalue weighted by molar-refractivity contribution is 0.189. The molecule has 0 spiro atoms. The molecule has 0 radical (unpaired) electrons. The molecule has 0 bridgehead atoms. The molecule has 0 aliphatic carbocycles. The van der Waals surface area contributed by atoms with E-state index in [1.165, 1.54) is 17.7 Å². The number of nitrogens with one attached hydrogen (secondary N) is 2. The van der Waals surface area contributed by atoms with Gasteiger partial charge in [0, 0.05) is 24.8 Å². The van der Waals surface area contributed by atoms with Gasteiger partial charge in [0.15, 0.2) is 0 Å². The Morgan fingerprint density at radius 2 is 2.45 bits per heavy atom. The summed E-state index contributed by atoms with van der Waals surface area (Å²) in [6.07, 6.45) is 1.17. The van der Waals surface area contributed by atoms with Gasteiger partial charge in [0.2, 0.25) is 0 Å². The Bertz CT molecular complexity index is 183. The summed E-state index contributed by atoms with van der Waals surface area (Å²) in [7, 11) is 0. The fourth-order valence-electron chi connectivity index (χ4n) is 1.69. The second-order valence-electron chi connectivity index (χ2n) is 3.23. The van der Waals surface area contributed by atoms with Crippen molar-refractivity contribution in [2.24, 2.45) is 5.92 Å². The van der Waals surface area contributed by atoms with E-state index < -0.39 is 0 Å². The lowest BCUT2D eigenvalue weighted by Crippen LogP contribution is -2.27. The maximum atomic E-state index is 5.32. The molecule has 1 unspecified atom stereocenters. The van der Waals surface area contributed by atoms with Gasteiger partial charge in [0.25, 0.3) is 0 Å². The van der Waals surface area contributed by atoms with Crippen LogP contribution in [0.1, 0.15) is 13.3 Å². The van der Waals surface area contributed by atoms with Gasteiger partial charge >= 0.3 is 0 Å². The Morgan fingerprint density at radius 3 is 3.00 bits per heavy atom. The van der Waals surface area contributed by atoms with Crippen LogP contribution in [0.25, 0.3) is 0 Å². The van der Waals surface area contributed by atoms with Crippen LogP contribution in [0.5, 0.6) is 0 Å². The van der Waals surface area contributed by atoms with Crippen molar-refractivity contribution in [1.29, 1.82) is 0 Å². The molecule has 2 aliphatic heterocycles. The molecule has 62 valence electrons. The minimum absolute atomic E-state index is 0.616. The summed E-state index contributed by atoms with van der Waals surface area (Å²) in [6.45, 7) is 4.96. The number of hydrazine groups is 1. The van der Waals surface area contributed by atoms with Crippen LogP contribution in [0.3, 0.4) is 0 Å². The van der Waals surface area contributed by atoms with Gasteiger partial charge < -0.3 is 10.2 Å². The molecule has 11 heavy (non-hydrogen) atoms. The zero-order valence-electron chi connectivity index (χ0n) is 6.81. The third kappa shape index (κ3) is 1.26. The van der Waals surface area contributed by atoms with Crippen LogP contribution < -0.4 is 10.9 Å². The van der Waals surface area contributed by atoms with Gasteiger partial charge in [-0.3, -0.25) is 0 Å². The lowest BCUT2D eigenvalue weighted by Gasteiger charge is -2.10. The minimum Gasteiger partial charge on any atom is -0.381 e. The van der Waals surface area contributed by atoms with E-state index in [0.717, 1.165) is 19.8 Å². The standard InChI is InChI=1S/C8H14N2O/c1-6-4-9-10-8(6)7-2-3-11-5-7/h7,9-10H,2-5H2,1H3. The number of ether oxygens (including phenoxy) is 1. The van der Waals surface area contributed by atoms with Crippen LogP contribution in [0.4, 0.5) is 0 Å². The van der Waals surface area contributed by atoms with Crippen molar-refractivity contribution in [3.05, 3.63) is 11.3 Å². The summed E-state index contributed by atoms with van der Waals surface area (Å²) in [5.74, 6) is 0.616. The SMILES string of the molecule is CC1=C(C2CCOC2)NNC1. The van der Waals surface area contributed by atoms with Crippen molar-refractivity contribution >= 4 is 0 Å². The quantitative estimate of drug-likeness (QED) is 0.573. The van der Waals surface area contributed by atoms with E-state index in [-0.39, 0.29) is 0 Å². The van der Waals surface area contributed by atoms with E-state index >= 15 is 0 Å². The molecular formula is C8H14N2O. The fraction of sp³-hybridized carbons (Fsp3) is 0.750. The predicted octanol–water partition coefficient (Wildman–Crippen LogP) is 0.405. The largest absolute Gasteiger partial charge is 0.381 e. The molecule has 1 atom stereocenters. The molecule has 0 aromatic carbocycles. The van der Waals surface area contributed by atoms with E-state index in [9.17, 15) is 0 Å². The smallest absolute Gasteiger partial charge is 0.0550 e. The van der Waals surface area contributed by atoms with E-state index in [1.807, 2.05) is 0 Å². The third-order valence-electron chi connectivity index (χ3n) is 2.37. The van der Waals surface area contributed by atoms with Crippen molar-refractivity contribution in [2.75, 3.05) is 19.8 Å². The molecule has 1 fully saturated rings. The van der Waals surface area contributed by atoms with E-state index in [4.69, 9.17) is 4.74 Å². The molecule has 2 rings (SSSR count). The van der Waals surface area contributed by atoms with Crippen molar-refractivity contribution in [3.63, 3.8) is 0 Å². The molecule has 2 N–H and O–H groups in total. The molecule has 1 saturated heterocycles. The highest BCUT2D eigenvalue weighted by Crippen LogP contribution is 2.23. The number of rotatable bonds is 1. The van der Waals surface area contributed by atoms with E-state index in [0.29, 0.717) is 5.92 Å². The summed E-state index contributed by atoms with van der Waals surface area (Å²) < 4.78 is 5.32. The summed E-state index contributed by atoms with van der Waals surface area (Å²) in [6, 6.07) is 0. The van der Waals surface area contributed by atoms with Crippen molar-refractivity contribution in [3.8, 4) is 0 Å². The molecule has 3 nitrogen and oxygen atoms in total. The molecular weight excluding hydrogens is 140 g/mol. The van der Waals surface area contributed by atoms with Crippen molar-refractivity contribution in [2.45, 2.75) is 13.3 Å². The van der Waals surface area contributed by atoms with Crippen molar-refractivity contribution in [1.82, 2.24) is 10.9 Å². The Hall–Kier alpha value is -0.540. The van der Waals surface area contributed by atoms with E-state index in [2.05, 4.69) is 17.8 Å². The Kier molecular flexibility index (Phi) is 1.84.